The number of rotatable bonds is 11. The van der Waals surface area contributed by atoms with Gasteiger partial charge in [0.2, 0.25) is 17.7 Å². The van der Waals surface area contributed by atoms with Crippen LogP contribution in [0.4, 0.5) is 11.5 Å². The van der Waals surface area contributed by atoms with Crippen LogP contribution in [0.1, 0.15) is 49.9 Å². The highest BCUT2D eigenvalue weighted by Gasteiger charge is 2.34. The van der Waals surface area contributed by atoms with E-state index in [-0.39, 0.29) is 41.8 Å². The molecule has 13 nitrogen and oxygen atoms in total. The van der Waals surface area contributed by atoms with E-state index >= 15 is 0 Å². The third-order valence-corrected chi connectivity index (χ3v) is 9.76. The van der Waals surface area contributed by atoms with Gasteiger partial charge in [0.25, 0.3) is 0 Å². The smallest absolute Gasteiger partial charge is 0.237 e. The molecule has 6 rings (SSSR count). The number of likely N-dealkylation sites (tertiary alicyclic amines) is 1. The van der Waals surface area contributed by atoms with Crippen molar-refractivity contribution >= 4 is 45.9 Å². The van der Waals surface area contributed by atoms with Crippen LogP contribution in [0.5, 0.6) is 5.88 Å². The number of pyridine rings is 2. The Morgan fingerprint density at radius 2 is 1.98 bits per heavy atom. The average Bonchev–Trinajstić information content (AvgIpc) is 3.87. The van der Waals surface area contributed by atoms with E-state index in [1.807, 2.05) is 49.7 Å². The molecule has 4 aromatic rings. The first-order valence-electron chi connectivity index (χ1n) is 16.5. The number of aryl methyl sites for hydroxylation is 1. The molecule has 0 spiro atoms. The standard InChI is InChI=1S/C35H42N10O3S/c1-5-45(29-8-7-26(36)33(41-29)32(37)24-6-9-30(38-16-24)48-22(2)3)35(47)25-10-13-43(18-25)20-31(46)44-14-11-23(12-15-44)34-39-17-28(49-34)27-19-42(4)21-40-27/h6-9,11,16-17,19,21-22,25,37H,5,10,12-15,18,20,36H2,1-4H3/t25-/m1/s1. The molecule has 1 fully saturated rings. The number of carbonyl (C=O) groups is 2. The van der Waals surface area contributed by atoms with E-state index in [1.165, 1.54) is 0 Å². The predicted octanol–water partition coefficient (Wildman–Crippen LogP) is 4.11. The molecule has 2 aliphatic rings. The molecule has 256 valence electrons. The van der Waals surface area contributed by atoms with E-state index in [4.69, 9.17) is 15.9 Å². The van der Waals surface area contributed by atoms with Gasteiger partial charge in [-0.1, -0.05) is 6.08 Å². The summed E-state index contributed by atoms with van der Waals surface area (Å²) in [4.78, 5) is 51.6. The minimum atomic E-state index is -0.265. The number of amides is 2. The van der Waals surface area contributed by atoms with Crippen LogP contribution in [0.25, 0.3) is 16.1 Å². The van der Waals surface area contributed by atoms with E-state index in [9.17, 15) is 9.59 Å². The highest BCUT2D eigenvalue weighted by Crippen LogP contribution is 2.32. The monoisotopic (exact) mass is 682 g/mol. The van der Waals surface area contributed by atoms with Gasteiger partial charge in [0.05, 0.1) is 46.9 Å². The number of anilines is 2. The molecule has 0 bridgehead atoms. The summed E-state index contributed by atoms with van der Waals surface area (Å²) in [6.45, 7) is 8.76. The second-order valence-electron chi connectivity index (χ2n) is 12.6. The van der Waals surface area contributed by atoms with E-state index in [0.29, 0.717) is 62.1 Å². The Balaban J connectivity index is 1.04. The van der Waals surface area contributed by atoms with Gasteiger partial charge >= 0.3 is 0 Å². The fourth-order valence-electron chi connectivity index (χ4n) is 6.08. The van der Waals surface area contributed by atoms with E-state index < -0.39 is 0 Å². The number of nitrogens with one attached hydrogen (secondary N) is 1. The molecule has 0 aromatic carbocycles. The SMILES string of the molecule is CCN(C(=O)[C@@H]1CCN(CC(=O)N2CC=C(c3ncc(-c4cn(C)cn4)s3)CC2)C1)c1ccc(N)c(C(=N)c2ccc(OC(C)C)nc2)n1. The van der Waals surface area contributed by atoms with Gasteiger partial charge in [0, 0.05) is 63.4 Å². The molecule has 2 amide bonds. The van der Waals surface area contributed by atoms with Crippen molar-refractivity contribution in [2.24, 2.45) is 13.0 Å². The second kappa shape index (κ2) is 14.7. The highest BCUT2D eigenvalue weighted by atomic mass is 32.1. The topological polar surface area (TPSA) is 159 Å². The molecular formula is C35H42N10O3S. The lowest BCUT2D eigenvalue weighted by molar-refractivity contribution is -0.132. The van der Waals surface area contributed by atoms with Gasteiger partial charge in [-0.2, -0.15) is 0 Å². The zero-order chi connectivity index (χ0) is 34.7. The fraction of sp³-hybridized carbons (Fsp3) is 0.400. The Hall–Kier alpha value is -4.95. The van der Waals surface area contributed by atoms with Crippen molar-refractivity contribution in [3.8, 4) is 16.5 Å². The molecule has 2 aliphatic heterocycles. The molecule has 1 atom stereocenters. The zero-order valence-corrected chi connectivity index (χ0v) is 29.1. The molecule has 0 saturated carbocycles. The summed E-state index contributed by atoms with van der Waals surface area (Å²) in [5, 5.41) is 9.75. The predicted molar refractivity (Wildman–Crippen MR) is 191 cm³/mol. The van der Waals surface area contributed by atoms with E-state index in [0.717, 1.165) is 27.6 Å². The van der Waals surface area contributed by atoms with Crippen LogP contribution in [0.3, 0.4) is 0 Å². The summed E-state index contributed by atoms with van der Waals surface area (Å²) in [5.41, 5.74) is 9.58. The molecule has 49 heavy (non-hydrogen) atoms. The van der Waals surface area contributed by atoms with Crippen LogP contribution in [-0.4, -0.2) is 97.2 Å². The number of aromatic nitrogens is 5. The van der Waals surface area contributed by atoms with Crippen molar-refractivity contribution < 1.29 is 14.3 Å². The van der Waals surface area contributed by atoms with Gasteiger partial charge in [0.1, 0.15) is 16.5 Å². The number of carbonyl (C=O) groups excluding carboxylic acids is 2. The maximum absolute atomic E-state index is 13.8. The van der Waals surface area contributed by atoms with Crippen molar-refractivity contribution in [2.45, 2.75) is 39.7 Å². The van der Waals surface area contributed by atoms with Gasteiger partial charge in [-0.05, 0) is 63.9 Å². The van der Waals surface area contributed by atoms with Crippen molar-refractivity contribution in [1.29, 1.82) is 5.41 Å². The number of ether oxygens (including phenoxy) is 1. The number of nitrogens with zero attached hydrogens (tertiary/aromatic N) is 8. The fourth-order valence-corrected chi connectivity index (χ4v) is 7.02. The number of thiazole rings is 1. The second-order valence-corrected chi connectivity index (χ2v) is 13.6. The normalized spacial score (nSPS) is 16.6. The van der Waals surface area contributed by atoms with Crippen molar-refractivity contribution in [3.05, 3.63) is 71.5 Å². The van der Waals surface area contributed by atoms with E-state index in [1.54, 1.807) is 53.0 Å². The van der Waals surface area contributed by atoms with Crippen LogP contribution in [0.15, 0.2) is 55.3 Å². The number of nitrogens with two attached hydrogens (primary N) is 1. The summed E-state index contributed by atoms with van der Waals surface area (Å²) in [6.07, 6.45) is 10.7. The van der Waals surface area contributed by atoms with Gasteiger partial charge in [-0.25, -0.2) is 19.9 Å². The Morgan fingerprint density at radius 3 is 2.65 bits per heavy atom. The third-order valence-electron chi connectivity index (χ3n) is 8.67. The summed E-state index contributed by atoms with van der Waals surface area (Å²) in [5.74, 6) is 0.653. The molecule has 4 aromatic heterocycles. The molecule has 6 heterocycles. The Labute approximate surface area is 290 Å². The Kier molecular flexibility index (Phi) is 10.2. The number of hydrogen-bond donors (Lipinski definition) is 2. The molecule has 1 saturated heterocycles. The lowest BCUT2D eigenvalue weighted by atomic mass is 10.1. The molecule has 0 radical (unpaired) electrons. The number of hydrogen-bond acceptors (Lipinski definition) is 11. The van der Waals surface area contributed by atoms with Crippen LogP contribution in [0, 0.1) is 11.3 Å². The van der Waals surface area contributed by atoms with Crippen LogP contribution >= 0.6 is 11.3 Å². The van der Waals surface area contributed by atoms with Gasteiger partial charge < -0.3 is 19.9 Å². The summed E-state index contributed by atoms with van der Waals surface area (Å²) in [7, 11) is 1.95. The first-order valence-corrected chi connectivity index (χ1v) is 17.3. The van der Waals surface area contributed by atoms with Crippen molar-refractivity contribution in [2.75, 3.05) is 49.9 Å². The molecule has 0 unspecified atom stereocenters. The van der Waals surface area contributed by atoms with Gasteiger partial charge in [-0.3, -0.25) is 24.8 Å². The van der Waals surface area contributed by atoms with Crippen LogP contribution in [0.2, 0.25) is 0 Å². The van der Waals surface area contributed by atoms with Gasteiger partial charge in [0.15, 0.2) is 0 Å². The maximum Gasteiger partial charge on any atom is 0.237 e. The molecule has 14 heteroatoms. The summed E-state index contributed by atoms with van der Waals surface area (Å²) >= 11 is 1.62. The maximum atomic E-state index is 13.8. The number of imidazole rings is 1. The number of nitrogen functional groups attached to an aromatic ring is 1. The summed E-state index contributed by atoms with van der Waals surface area (Å²) in [6, 6.07) is 6.85. The average molecular weight is 683 g/mol. The Bertz CT molecular complexity index is 1860. The lowest BCUT2D eigenvalue weighted by Crippen LogP contribution is -2.42. The third kappa shape index (κ3) is 7.70. The van der Waals surface area contributed by atoms with Crippen molar-refractivity contribution in [1.82, 2.24) is 34.3 Å². The molecule has 3 N–H and O–H groups in total. The molecular weight excluding hydrogens is 641 g/mol. The largest absolute Gasteiger partial charge is 0.475 e. The lowest BCUT2D eigenvalue weighted by Gasteiger charge is -2.28. The quantitative estimate of drug-likeness (QED) is 0.222. The highest BCUT2D eigenvalue weighted by molar-refractivity contribution is 7.16. The Morgan fingerprint density at radius 1 is 1.14 bits per heavy atom. The van der Waals surface area contributed by atoms with Crippen LogP contribution < -0.4 is 15.4 Å². The molecule has 0 aliphatic carbocycles. The first-order chi connectivity index (χ1) is 23.6. The minimum Gasteiger partial charge on any atom is -0.475 e. The van der Waals surface area contributed by atoms with Gasteiger partial charge in [-0.15, -0.1) is 11.3 Å². The van der Waals surface area contributed by atoms with E-state index in [2.05, 4.69) is 30.9 Å². The van der Waals surface area contributed by atoms with Crippen molar-refractivity contribution in [3.63, 3.8) is 0 Å². The first kappa shape index (κ1) is 33.9. The van der Waals surface area contributed by atoms with Crippen LogP contribution in [-0.2, 0) is 16.6 Å². The minimum absolute atomic E-state index is 0.0135. The zero-order valence-electron chi connectivity index (χ0n) is 28.3. The summed E-state index contributed by atoms with van der Waals surface area (Å²) < 4.78 is 7.53.